The van der Waals surface area contributed by atoms with E-state index in [4.69, 9.17) is 0 Å². The smallest absolute Gasteiger partial charge is 0.271 e. The number of halogens is 2. The third kappa shape index (κ3) is 4.27. The molecule has 0 saturated carbocycles. The van der Waals surface area contributed by atoms with Gasteiger partial charge >= 0.3 is 6.17 Å². The molecule has 0 bridgehead atoms. The highest BCUT2D eigenvalue weighted by Gasteiger charge is 2.52. The van der Waals surface area contributed by atoms with Crippen LogP contribution < -0.4 is 0 Å². The first-order valence-electron chi connectivity index (χ1n) is 11.9. The number of allylic oxidation sites excluding steroid dienone is 8. The predicted molar refractivity (Wildman–Crippen MR) is 126 cm³/mol. The monoisotopic (exact) mass is 430 g/mol. The van der Waals surface area contributed by atoms with E-state index in [2.05, 4.69) is 79.7 Å². The van der Waals surface area contributed by atoms with E-state index in [9.17, 15) is 0 Å². The molecular weight excluding hydrogens is 390 g/mol. The highest BCUT2D eigenvalue weighted by Crippen LogP contribution is 2.48. The van der Waals surface area contributed by atoms with E-state index in [1.165, 1.54) is 9.80 Å². The van der Waals surface area contributed by atoms with E-state index in [0.717, 1.165) is 35.4 Å². The lowest BCUT2D eigenvalue weighted by molar-refractivity contribution is -0.185. The Labute approximate surface area is 188 Å². The minimum absolute atomic E-state index is 0.0866. The van der Waals surface area contributed by atoms with E-state index >= 15 is 8.78 Å². The van der Waals surface area contributed by atoms with Gasteiger partial charge in [0.2, 0.25) is 0 Å². The average molecular weight is 431 g/mol. The molecule has 0 unspecified atom stereocenters. The molecule has 2 atom stereocenters. The average Bonchev–Trinajstić information content (AvgIpc) is 3.00. The summed E-state index contributed by atoms with van der Waals surface area (Å²) >= 11 is 0. The number of hydrogen-bond donors (Lipinski definition) is 0. The Hall–Kier alpha value is -1.84. The maximum Gasteiger partial charge on any atom is 0.421 e. The van der Waals surface area contributed by atoms with Gasteiger partial charge in [0.15, 0.2) is 0 Å². The summed E-state index contributed by atoms with van der Waals surface area (Å²) in [6, 6.07) is 0. The van der Waals surface area contributed by atoms with Crippen LogP contribution >= 0.6 is 0 Å². The SMILES string of the molecule is CC(C)C1=C(N2C=CN(C3=C(C(C)C)C=CC[C@@H]3C(C)C)C2(F)F)[C@H](C(C)C)CC=C1. The van der Waals surface area contributed by atoms with Crippen molar-refractivity contribution in [2.24, 2.45) is 35.5 Å². The second-order valence-corrected chi connectivity index (χ2v) is 10.5. The molecule has 1 aliphatic heterocycles. The second kappa shape index (κ2) is 8.96. The molecule has 3 rings (SSSR count). The van der Waals surface area contributed by atoms with Crippen LogP contribution in [0.5, 0.6) is 0 Å². The van der Waals surface area contributed by atoms with Crippen molar-refractivity contribution >= 4 is 0 Å². The van der Waals surface area contributed by atoms with Gasteiger partial charge in [-0.05, 0) is 47.7 Å². The van der Waals surface area contributed by atoms with Gasteiger partial charge in [-0.2, -0.15) is 8.78 Å². The molecule has 0 aromatic rings. The highest BCUT2D eigenvalue weighted by molar-refractivity contribution is 5.38. The van der Waals surface area contributed by atoms with Gasteiger partial charge in [0.25, 0.3) is 0 Å². The molecule has 0 N–H and O–H groups in total. The zero-order chi connectivity index (χ0) is 23.1. The largest absolute Gasteiger partial charge is 0.421 e. The fourth-order valence-corrected chi connectivity index (χ4v) is 5.17. The maximum atomic E-state index is 16.3. The predicted octanol–water partition coefficient (Wildman–Crippen LogP) is 7.91. The summed E-state index contributed by atoms with van der Waals surface area (Å²) in [5.41, 5.74) is 3.63. The van der Waals surface area contributed by atoms with Crippen LogP contribution in [0.3, 0.4) is 0 Å². The van der Waals surface area contributed by atoms with Crippen LogP contribution in [0.4, 0.5) is 8.78 Å². The molecule has 1 heterocycles. The van der Waals surface area contributed by atoms with Gasteiger partial charge in [0.1, 0.15) is 0 Å². The molecule has 31 heavy (non-hydrogen) atoms. The lowest BCUT2D eigenvalue weighted by Crippen LogP contribution is -2.49. The fraction of sp³-hybridized carbons (Fsp3) is 0.630. The van der Waals surface area contributed by atoms with E-state index in [0.29, 0.717) is 11.8 Å². The zero-order valence-electron chi connectivity index (χ0n) is 20.5. The summed E-state index contributed by atoms with van der Waals surface area (Å²) in [6.45, 7) is 16.9. The normalized spacial score (nSPS) is 26.1. The van der Waals surface area contributed by atoms with E-state index in [-0.39, 0.29) is 23.7 Å². The van der Waals surface area contributed by atoms with Crippen LogP contribution in [0, 0.1) is 35.5 Å². The first-order valence-corrected chi connectivity index (χ1v) is 11.9. The van der Waals surface area contributed by atoms with Crippen LogP contribution in [-0.4, -0.2) is 16.0 Å². The van der Waals surface area contributed by atoms with Crippen molar-refractivity contribution in [2.45, 2.75) is 74.4 Å². The Balaban J connectivity index is 2.12. The number of nitrogens with zero attached hydrogens (tertiary/aromatic N) is 2. The fourth-order valence-electron chi connectivity index (χ4n) is 5.17. The molecule has 0 aromatic heterocycles. The Morgan fingerprint density at radius 3 is 1.35 bits per heavy atom. The first-order chi connectivity index (χ1) is 14.5. The Kier molecular flexibility index (Phi) is 6.88. The maximum absolute atomic E-state index is 16.3. The Bertz CT molecular complexity index is 758. The minimum atomic E-state index is -3.12. The van der Waals surface area contributed by atoms with E-state index in [1.54, 1.807) is 12.4 Å². The third-order valence-electron chi connectivity index (χ3n) is 6.99. The topological polar surface area (TPSA) is 6.48 Å². The molecule has 0 radical (unpaired) electrons. The van der Waals surface area contributed by atoms with E-state index in [1.807, 2.05) is 0 Å². The quantitative estimate of drug-likeness (QED) is 0.395. The Morgan fingerprint density at radius 2 is 1.06 bits per heavy atom. The number of hydrogen-bond acceptors (Lipinski definition) is 2. The van der Waals surface area contributed by atoms with Gasteiger partial charge < -0.3 is 0 Å². The van der Waals surface area contributed by atoms with Crippen LogP contribution in [0.2, 0.25) is 0 Å². The van der Waals surface area contributed by atoms with Gasteiger partial charge in [-0.1, -0.05) is 79.7 Å². The molecule has 0 spiro atoms. The van der Waals surface area contributed by atoms with E-state index < -0.39 is 6.17 Å². The van der Waals surface area contributed by atoms with Gasteiger partial charge in [0, 0.05) is 35.6 Å². The summed E-state index contributed by atoms with van der Waals surface area (Å²) < 4.78 is 32.5. The summed E-state index contributed by atoms with van der Waals surface area (Å²) in [4.78, 5) is 2.55. The van der Waals surface area contributed by atoms with Crippen molar-refractivity contribution in [2.75, 3.05) is 0 Å². The Morgan fingerprint density at radius 1 is 0.710 bits per heavy atom. The third-order valence-corrected chi connectivity index (χ3v) is 6.99. The van der Waals surface area contributed by atoms with Crippen LogP contribution in [0.15, 0.2) is 59.2 Å². The second-order valence-electron chi connectivity index (χ2n) is 10.5. The molecule has 4 heteroatoms. The van der Waals surface area contributed by atoms with Crippen LogP contribution in [-0.2, 0) is 0 Å². The first kappa shape index (κ1) is 23.8. The van der Waals surface area contributed by atoms with Crippen LogP contribution in [0.1, 0.15) is 68.2 Å². The lowest BCUT2D eigenvalue weighted by Gasteiger charge is -2.43. The molecule has 172 valence electrons. The zero-order valence-corrected chi connectivity index (χ0v) is 20.5. The molecule has 0 aromatic carbocycles. The van der Waals surface area contributed by atoms with Crippen LogP contribution in [0.25, 0.3) is 0 Å². The van der Waals surface area contributed by atoms with Crippen molar-refractivity contribution in [3.8, 4) is 0 Å². The number of alkyl halides is 2. The molecular formula is C27H40F2N2. The molecule has 2 nitrogen and oxygen atoms in total. The van der Waals surface area contributed by atoms with Gasteiger partial charge in [-0.15, -0.1) is 0 Å². The molecule has 0 fully saturated rings. The summed E-state index contributed by atoms with van der Waals surface area (Å²) in [6.07, 6.45) is 10.1. The van der Waals surface area contributed by atoms with Gasteiger partial charge in [-0.25, -0.2) is 0 Å². The minimum Gasteiger partial charge on any atom is -0.271 e. The number of rotatable bonds is 6. The standard InChI is InChI=1S/C27H40F2N2/c1-17(2)21-11-9-12-22(18(3)4)25(21)30-15-16-31(27(30,28)29)26-23(19(5)6)13-10-14-24(26)20(7)8/h9-11,13,15-20,22,24H,12,14H2,1-8H3/t22-,24+. The van der Waals surface area contributed by atoms with Crippen molar-refractivity contribution < 1.29 is 8.78 Å². The lowest BCUT2D eigenvalue weighted by atomic mass is 9.80. The summed E-state index contributed by atoms with van der Waals surface area (Å²) in [7, 11) is 0. The molecule has 0 amide bonds. The highest BCUT2D eigenvalue weighted by atomic mass is 19.3. The van der Waals surface area contributed by atoms with Crippen molar-refractivity contribution in [1.29, 1.82) is 0 Å². The van der Waals surface area contributed by atoms with Crippen molar-refractivity contribution in [3.05, 3.63) is 59.2 Å². The summed E-state index contributed by atoms with van der Waals surface area (Å²) in [5.74, 6) is 1.14. The van der Waals surface area contributed by atoms with Crippen molar-refractivity contribution in [1.82, 2.24) is 9.80 Å². The summed E-state index contributed by atoms with van der Waals surface area (Å²) in [5, 5.41) is 0. The molecule has 2 aliphatic carbocycles. The van der Waals surface area contributed by atoms with Crippen molar-refractivity contribution in [3.63, 3.8) is 0 Å². The molecule has 3 aliphatic rings. The molecule has 0 saturated heterocycles. The van der Waals surface area contributed by atoms with Gasteiger partial charge in [-0.3, -0.25) is 9.80 Å². The van der Waals surface area contributed by atoms with Gasteiger partial charge in [0.05, 0.1) is 0 Å².